The molecule has 1 aliphatic carbocycles. The molecule has 0 saturated carbocycles. The monoisotopic (exact) mass is 656 g/mol. The average molecular weight is 657 g/mol. The van der Waals surface area contributed by atoms with Gasteiger partial charge in [0.25, 0.3) is 0 Å². The fraction of sp³-hybridized carbons (Fsp3) is 0.0417. The molecule has 0 N–H and O–H groups in total. The van der Waals surface area contributed by atoms with Crippen LogP contribution in [0, 0.1) is 0 Å². The van der Waals surface area contributed by atoms with Crippen LogP contribution in [0.4, 0.5) is 17.1 Å². The van der Waals surface area contributed by atoms with Crippen molar-refractivity contribution in [3.8, 4) is 22.3 Å². The number of furan rings is 1. The zero-order valence-electron chi connectivity index (χ0n) is 28.2. The van der Waals surface area contributed by atoms with Crippen LogP contribution in [0.3, 0.4) is 0 Å². The normalized spacial score (nSPS) is 14.6. The predicted molar refractivity (Wildman–Crippen MR) is 213 cm³/mol. The largest absolute Gasteiger partial charge is 0.456 e. The lowest BCUT2D eigenvalue weighted by Gasteiger charge is -2.43. The molecule has 3 nitrogen and oxygen atoms in total. The quantitative estimate of drug-likeness (QED) is 0.152. The third-order valence-electron chi connectivity index (χ3n) is 9.90. The maximum Gasteiger partial charge on any atom is 0.142 e. The minimum atomic E-state index is 0.941. The van der Waals surface area contributed by atoms with E-state index in [4.69, 9.17) is 4.42 Å². The van der Waals surface area contributed by atoms with Crippen LogP contribution < -0.4 is 9.80 Å². The van der Waals surface area contributed by atoms with E-state index < -0.39 is 0 Å². The first-order valence-electron chi connectivity index (χ1n) is 17.5. The minimum Gasteiger partial charge on any atom is -0.456 e. The highest BCUT2D eigenvalue weighted by Crippen LogP contribution is 2.52. The van der Waals surface area contributed by atoms with Crippen LogP contribution in [0.1, 0.15) is 17.7 Å². The average Bonchev–Trinajstić information content (AvgIpc) is 3.56. The fourth-order valence-electron chi connectivity index (χ4n) is 7.51. The molecule has 0 amide bonds. The third-order valence-corrected chi connectivity index (χ3v) is 9.90. The van der Waals surface area contributed by atoms with Crippen LogP contribution in [0.5, 0.6) is 0 Å². The molecule has 51 heavy (non-hydrogen) atoms. The van der Waals surface area contributed by atoms with Crippen molar-refractivity contribution in [3.05, 3.63) is 217 Å². The van der Waals surface area contributed by atoms with E-state index in [9.17, 15) is 0 Å². The van der Waals surface area contributed by atoms with Crippen LogP contribution in [0.25, 0.3) is 38.8 Å². The molecular formula is C48H36N2O. The van der Waals surface area contributed by atoms with Gasteiger partial charge in [0.15, 0.2) is 0 Å². The molecule has 0 radical (unpaired) electrons. The summed E-state index contributed by atoms with van der Waals surface area (Å²) in [6.07, 6.45) is 8.17. The number of hydrogen-bond acceptors (Lipinski definition) is 3. The number of fused-ring (bicyclic) bond motifs is 4. The topological polar surface area (TPSA) is 19.6 Å². The number of para-hydroxylation sites is 3. The lowest BCUT2D eigenvalue weighted by Crippen LogP contribution is -2.36. The van der Waals surface area contributed by atoms with E-state index >= 15 is 0 Å². The van der Waals surface area contributed by atoms with Gasteiger partial charge in [0.1, 0.15) is 11.3 Å². The number of rotatable bonds is 8. The Labute approximate surface area is 299 Å². The van der Waals surface area contributed by atoms with E-state index in [-0.39, 0.29) is 0 Å². The smallest absolute Gasteiger partial charge is 0.142 e. The highest BCUT2D eigenvalue weighted by molar-refractivity contribution is 6.01. The molecule has 2 aliphatic rings. The second-order valence-electron chi connectivity index (χ2n) is 12.9. The van der Waals surface area contributed by atoms with Crippen LogP contribution in [0.2, 0.25) is 0 Å². The van der Waals surface area contributed by atoms with E-state index in [1.54, 1.807) is 0 Å². The SMILES string of the molecule is C=C/C=C(\C=C1\C2=C(CCc3c2oc2ccccc32)N1c1ccccc1)N(c1ccccc1)c1ccc(-c2ccc(-c3ccccc3)cc2)cc1. The number of anilines is 3. The first kappa shape index (κ1) is 30.5. The number of aryl methyl sites for hydroxylation is 1. The van der Waals surface area contributed by atoms with Crippen LogP contribution in [0.15, 0.2) is 210 Å². The van der Waals surface area contributed by atoms with Crippen molar-refractivity contribution in [1.29, 1.82) is 0 Å². The summed E-state index contributed by atoms with van der Waals surface area (Å²) in [5.74, 6) is 0.989. The Morgan fingerprint density at radius 3 is 1.80 bits per heavy atom. The summed E-state index contributed by atoms with van der Waals surface area (Å²) in [4.78, 5) is 4.70. The van der Waals surface area contributed by atoms with Crippen molar-refractivity contribution in [3.63, 3.8) is 0 Å². The fourth-order valence-corrected chi connectivity index (χ4v) is 7.51. The molecule has 0 spiro atoms. The van der Waals surface area contributed by atoms with Gasteiger partial charge in [0.05, 0.1) is 11.3 Å². The molecule has 0 fully saturated rings. The van der Waals surface area contributed by atoms with E-state index in [2.05, 4.69) is 186 Å². The van der Waals surface area contributed by atoms with Crippen molar-refractivity contribution >= 4 is 33.6 Å². The van der Waals surface area contributed by atoms with E-state index in [1.807, 2.05) is 12.1 Å². The van der Waals surface area contributed by atoms with Gasteiger partial charge in [-0.25, -0.2) is 0 Å². The number of nitrogens with zero attached hydrogens (tertiary/aromatic N) is 2. The molecular weight excluding hydrogens is 621 g/mol. The van der Waals surface area contributed by atoms with E-state index in [1.165, 1.54) is 44.5 Å². The van der Waals surface area contributed by atoms with Crippen LogP contribution in [-0.2, 0) is 6.42 Å². The summed E-state index contributed by atoms with van der Waals surface area (Å²) in [6.45, 7) is 4.15. The summed E-state index contributed by atoms with van der Waals surface area (Å²) >= 11 is 0. The molecule has 0 unspecified atom stereocenters. The standard InChI is InChI=1S/C48H36N2O/c1-2-14-41(33-45-47-44(50(45)39-19-10-5-11-20-39)32-31-43-42-21-12-13-22-46(42)51-48(43)47)49(38-17-8-4-9-18-38)40-29-27-37(28-30-40)36-25-23-35(24-26-36)34-15-6-3-7-16-34/h2-30,33H,1,31-32H2/b41-14+,45-33-. The minimum absolute atomic E-state index is 0.941. The first-order chi connectivity index (χ1) is 25.3. The van der Waals surface area contributed by atoms with E-state index in [0.29, 0.717) is 0 Å². The predicted octanol–water partition coefficient (Wildman–Crippen LogP) is 12.7. The zero-order chi connectivity index (χ0) is 34.1. The van der Waals surface area contributed by atoms with Crippen molar-refractivity contribution in [1.82, 2.24) is 0 Å². The molecule has 6 aromatic carbocycles. The number of hydrogen-bond donors (Lipinski definition) is 0. The van der Waals surface area contributed by atoms with Crippen LogP contribution >= 0.6 is 0 Å². The highest BCUT2D eigenvalue weighted by Gasteiger charge is 2.41. The maximum atomic E-state index is 6.62. The summed E-state index contributed by atoms with van der Waals surface area (Å²) in [5.41, 5.74) is 14.9. The van der Waals surface area contributed by atoms with Crippen molar-refractivity contribution in [2.75, 3.05) is 9.80 Å². The second kappa shape index (κ2) is 13.0. The molecule has 0 atom stereocenters. The Hall–Kier alpha value is -6.58. The summed E-state index contributed by atoms with van der Waals surface area (Å²) in [5, 5.41) is 1.21. The summed E-state index contributed by atoms with van der Waals surface area (Å²) in [6, 6.07) is 57.8. The molecule has 1 aliphatic heterocycles. The molecule has 244 valence electrons. The lowest BCUT2D eigenvalue weighted by atomic mass is 9.83. The van der Waals surface area contributed by atoms with Gasteiger partial charge in [-0.15, -0.1) is 0 Å². The zero-order valence-corrected chi connectivity index (χ0v) is 28.2. The first-order valence-corrected chi connectivity index (χ1v) is 17.5. The summed E-state index contributed by atoms with van der Waals surface area (Å²) < 4.78 is 6.62. The molecule has 7 aromatic rings. The Morgan fingerprint density at radius 1 is 0.588 bits per heavy atom. The maximum absolute atomic E-state index is 6.62. The third kappa shape index (κ3) is 5.50. The Balaban J connectivity index is 1.13. The van der Waals surface area contributed by atoms with Crippen molar-refractivity contribution < 1.29 is 4.42 Å². The van der Waals surface area contributed by atoms with Gasteiger partial charge in [-0.1, -0.05) is 134 Å². The van der Waals surface area contributed by atoms with Gasteiger partial charge in [-0.2, -0.15) is 0 Å². The molecule has 1 aromatic heterocycles. The number of benzene rings is 6. The molecule has 0 bridgehead atoms. The molecule has 2 heterocycles. The Bertz CT molecular complexity index is 2450. The Morgan fingerprint density at radius 2 is 1.14 bits per heavy atom. The van der Waals surface area contributed by atoms with Gasteiger partial charge < -0.3 is 14.2 Å². The number of allylic oxidation sites excluding steroid dienone is 5. The van der Waals surface area contributed by atoms with Gasteiger partial charge in [0.2, 0.25) is 0 Å². The highest BCUT2D eigenvalue weighted by atomic mass is 16.3. The molecule has 0 saturated heterocycles. The van der Waals surface area contributed by atoms with Crippen molar-refractivity contribution in [2.45, 2.75) is 12.8 Å². The molecule has 3 heteroatoms. The van der Waals surface area contributed by atoms with Gasteiger partial charge >= 0.3 is 0 Å². The lowest BCUT2D eigenvalue weighted by molar-refractivity contribution is 0.582. The Kier molecular flexibility index (Phi) is 7.79. The second-order valence-corrected chi connectivity index (χ2v) is 12.9. The van der Waals surface area contributed by atoms with Gasteiger partial charge in [-0.05, 0) is 89.7 Å². The van der Waals surface area contributed by atoms with Gasteiger partial charge in [-0.3, -0.25) is 0 Å². The summed E-state index contributed by atoms with van der Waals surface area (Å²) in [7, 11) is 0. The molecule has 9 rings (SSSR count). The van der Waals surface area contributed by atoms with E-state index in [0.717, 1.165) is 52.6 Å². The van der Waals surface area contributed by atoms with Crippen LogP contribution in [-0.4, -0.2) is 0 Å². The van der Waals surface area contributed by atoms with Crippen molar-refractivity contribution in [2.24, 2.45) is 0 Å². The van der Waals surface area contributed by atoms with Gasteiger partial charge in [0, 0.05) is 39.4 Å².